The minimum Gasteiger partial charge on any atom is -0.130 e. The molecule has 0 aliphatic rings. The molecule has 0 spiro atoms. The average Bonchev–Trinajstić information content (AvgIpc) is 2.30. The summed E-state index contributed by atoms with van der Waals surface area (Å²) < 4.78 is 0. The van der Waals surface area contributed by atoms with E-state index < -0.39 is 0 Å². The molecule has 0 atom stereocenters. The lowest BCUT2D eigenvalue weighted by Crippen LogP contribution is -1.75. The van der Waals surface area contributed by atoms with Crippen molar-refractivity contribution in [3.63, 3.8) is 0 Å². The zero-order valence-corrected chi connectivity index (χ0v) is 8.77. The molecule has 0 nitrogen and oxygen atoms in total. The lowest BCUT2D eigenvalue weighted by Gasteiger charge is -1.99. The number of benzene rings is 1. The van der Waals surface area contributed by atoms with E-state index in [2.05, 4.69) is 42.7 Å². The molecule has 0 aliphatic carbocycles. The van der Waals surface area contributed by atoms with Crippen molar-refractivity contribution in [1.82, 2.24) is 0 Å². The molecule has 0 amide bonds. The molecule has 0 saturated heterocycles. The van der Waals surface area contributed by atoms with E-state index >= 15 is 0 Å². The summed E-state index contributed by atoms with van der Waals surface area (Å²) in [6.45, 7) is 0. The number of thioether (sulfide) groups is 1. The van der Waals surface area contributed by atoms with E-state index in [1.54, 1.807) is 11.8 Å². The van der Waals surface area contributed by atoms with Crippen molar-refractivity contribution in [2.24, 2.45) is 0 Å². The fraction of sp³-hybridized carbons (Fsp3) is 0.0769. The van der Waals surface area contributed by atoms with Gasteiger partial charge in [-0.05, 0) is 36.1 Å². The predicted molar refractivity (Wildman–Crippen MR) is 61.3 cm³/mol. The van der Waals surface area contributed by atoms with Crippen molar-refractivity contribution in [2.45, 2.75) is 4.90 Å². The summed E-state index contributed by atoms with van der Waals surface area (Å²) >= 11 is 1.75. The lowest BCUT2D eigenvalue weighted by atomic mass is 10.1. The van der Waals surface area contributed by atoms with Gasteiger partial charge >= 0.3 is 0 Å². The summed E-state index contributed by atoms with van der Waals surface area (Å²) in [5.41, 5.74) is 2.29. The maximum atomic E-state index is 3.09. The standard InChI is InChI=1S/C13H10S/c1-14-13-9-7-12(8-10-13)11-5-3-2-4-6-11/h2-3,5,7-10H,1H3. The van der Waals surface area contributed by atoms with Gasteiger partial charge in [0.25, 0.3) is 0 Å². The number of rotatable bonds is 2. The molecule has 2 aromatic rings. The van der Waals surface area contributed by atoms with Gasteiger partial charge in [-0.3, -0.25) is 0 Å². The Morgan fingerprint density at radius 2 is 1.86 bits per heavy atom. The van der Waals surface area contributed by atoms with Crippen LogP contribution < -0.4 is 0 Å². The number of hydrogen-bond acceptors (Lipinski definition) is 1. The Balaban J connectivity index is 2.34. The molecule has 0 heterocycles. The van der Waals surface area contributed by atoms with E-state index in [-0.39, 0.29) is 0 Å². The van der Waals surface area contributed by atoms with E-state index in [1.165, 1.54) is 10.5 Å². The molecule has 14 heavy (non-hydrogen) atoms. The molecule has 0 aliphatic heterocycles. The summed E-state index contributed by atoms with van der Waals surface area (Å²) in [7, 11) is 0. The van der Waals surface area contributed by atoms with Crippen LogP contribution in [0.25, 0.3) is 11.1 Å². The summed E-state index contributed by atoms with van der Waals surface area (Å²) in [6.07, 6.45) is 2.08. The highest BCUT2D eigenvalue weighted by Gasteiger charge is 1.95. The molecule has 0 bridgehead atoms. The van der Waals surface area contributed by atoms with Crippen LogP contribution in [0.3, 0.4) is 0 Å². The maximum Gasteiger partial charge on any atom is 0.0321 e. The van der Waals surface area contributed by atoms with E-state index in [4.69, 9.17) is 0 Å². The SMILES string of the molecule is CSc1ccc(-c2c#cccc2)cc1. The smallest absolute Gasteiger partial charge is 0.0321 e. The Kier molecular flexibility index (Phi) is 2.76. The zero-order valence-electron chi connectivity index (χ0n) is 7.95. The van der Waals surface area contributed by atoms with Gasteiger partial charge in [0.2, 0.25) is 0 Å². The highest BCUT2D eigenvalue weighted by molar-refractivity contribution is 7.98. The Labute approximate surface area is 89.0 Å². The average molecular weight is 198 g/mol. The van der Waals surface area contributed by atoms with Crippen molar-refractivity contribution in [3.8, 4) is 11.1 Å². The fourth-order valence-electron chi connectivity index (χ4n) is 1.29. The fourth-order valence-corrected chi connectivity index (χ4v) is 1.70. The third-order valence-electron chi connectivity index (χ3n) is 2.05. The lowest BCUT2D eigenvalue weighted by molar-refractivity contribution is 1.46. The van der Waals surface area contributed by atoms with Crippen LogP contribution in [0.15, 0.2) is 47.4 Å². The first-order valence-electron chi connectivity index (χ1n) is 4.43. The summed E-state index contributed by atoms with van der Waals surface area (Å²) in [5.74, 6) is 0. The first-order valence-corrected chi connectivity index (χ1v) is 5.65. The van der Waals surface area contributed by atoms with Crippen LogP contribution in [0, 0.1) is 12.1 Å². The van der Waals surface area contributed by atoms with Gasteiger partial charge < -0.3 is 0 Å². The molecule has 68 valence electrons. The van der Waals surface area contributed by atoms with Crippen LogP contribution in [0.1, 0.15) is 0 Å². The third kappa shape index (κ3) is 1.92. The van der Waals surface area contributed by atoms with Crippen molar-refractivity contribution in [2.75, 3.05) is 6.26 Å². The van der Waals surface area contributed by atoms with Crippen LogP contribution in [0.4, 0.5) is 0 Å². The van der Waals surface area contributed by atoms with Crippen LogP contribution in [-0.2, 0) is 0 Å². The van der Waals surface area contributed by atoms with Gasteiger partial charge in [0.1, 0.15) is 0 Å². The molecule has 0 unspecified atom stereocenters. The molecule has 0 aromatic heterocycles. The Hall–Kier alpha value is -1.39. The first-order chi connectivity index (χ1) is 6.90. The molecular weight excluding hydrogens is 188 g/mol. The van der Waals surface area contributed by atoms with Crippen LogP contribution in [0.5, 0.6) is 0 Å². The molecule has 0 saturated carbocycles. The first kappa shape index (κ1) is 9.18. The van der Waals surface area contributed by atoms with E-state index in [0.717, 1.165) is 5.56 Å². The van der Waals surface area contributed by atoms with Gasteiger partial charge in [0.15, 0.2) is 0 Å². The van der Waals surface area contributed by atoms with Crippen molar-refractivity contribution in [3.05, 3.63) is 54.6 Å². The molecule has 2 aromatic carbocycles. The monoisotopic (exact) mass is 198 g/mol. The topological polar surface area (TPSA) is 0 Å². The van der Waals surface area contributed by atoms with Crippen molar-refractivity contribution in [1.29, 1.82) is 0 Å². The highest BCUT2D eigenvalue weighted by Crippen LogP contribution is 2.21. The molecule has 2 rings (SSSR count). The number of hydrogen-bond donors (Lipinski definition) is 0. The summed E-state index contributed by atoms with van der Waals surface area (Å²) in [4.78, 5) is 1.29. The molecule has 0 fully saturated rings. The van der Waals surface area contributed by atoms with Gasteiger partial charge in [-0.15, -0.1) is 11.8 Å². The molecule has 0 N–H and O–H groups in total. The van der Waals surface area contributed by atoms with Crippen LogP contribution >= 0.6 is 11.8 Å². The third-order valence-corrected chi connectivity index (χ3v) is 2.79. The second-order valence-electron chi connectivity index (χ2n) is 2.94. The van der Waals surface area contributed by atoms with Gasteiger partial charge in [0, 0.05) is 10.5 Å². The Morgan fingerprint density at radius 1 is 1.07 bits per heavy atom. The predicted octanol–water partition coefficient (Wildman–Crippen LogP) is 3.68. The minimum atomic E-state index is 1.10. The van der Waals surface area contributed by atoms with E-state index in [0.29, 0.717) is 0 Å². The van der Waals surface area contributed by atoms with Gasteiger partial charge in [-0.1, -0.05) is 30.3 Å². The quantitative estimate of drug-likeness (QED) is 0.663. The summed E-state index contributed by atoms with van der Waals surface area (Å²) in [5, 5.41) is 0. The van der Waals surface area contributed by atoms with Crippen molar-refractivity contribution >= 4 is 11.8 Å². The van der Waals surface area contributed by atoms with Crippen LogP contribution in [-0.4, -0.2) is 6.26 Å². The molecule has 0 radical (unpaired) electrons. The van der Waals surface area contributed by atoms with Gasteiger partial charge in [-0.25, -0.2) is 0 Å². The largest absolute Gasteiger partial charge is 0.130 e. The zero-order chi connectivity index (χ0) is 9.80. The van der Waals surface area contributed by atoms with Gasteiger partial charge in [0.05, 0.1) is 0 Å². The van der Waals surface area contributed by atoms with E-state index in [1.807, 2.05) is 18.2 Å². The second-order valence-corrected chi connectivity index (χ2v) is 3.82. The van der Waals surface area contributed by atoms with Crippen molar-refractivity contribution < 1.29 is 0 Å². The molecule has 1 heteroatoms. The second kappa shape index (κ2) is 4.21. The minimum absolute atomic E-state index is 1.10. The maximum absolute atomic E-state index is 3.09. The van der Waals surface area contributed by atoms with E-state index in [9.17, 15) is 0 Å². The normalized spacial score (nSPS) is 9.50. The Bertz CT molecular complexity index is 389. The van der Waals surface area contributed by atoms with Gasteiger partial charge in [-0.2, -0.15) is 0 Å². The van der Waals surface area contributed by atoms with Crippen LogP contribution in [0.2, 0.25) is 0 Å². The Morgan fingerprint density at radius 3 is 2.43 bits per heavy atom. The highest BCUT2D eigenvalue weighted by atomic mass is 32.2. The molecular formula is C13H10S. The summed E-state index contributed by atoms with van der Waals surface area (Å²) in [6, 6.07) is 20.4.